The minimum absolute atomic E-state index is 0.284. The van der Waals surface area contributed by atoms with E-state index in [0.29, 0.717) is 17.0 Å². The number of H-pyrrole nitrogens is 1. The van der Waals surface area contributed by atoms with E-state index in [4.69, 9.17) is 5.73 Å². The van der Waals surface area contributed by atoms with Crippen LogP contribution in [-0.4, -0.2) is 27.0 Å². The van der Waals surface area contributed by atoms with Gasteiger partial charge in [-0.15, -0.1) is 0 Å². The lowest BCUT2D eigenvalue weighted by Gasteiger charge is -2.09. The molecular weight excluding hydrogens is 321 g/mol. The van der Waals surface area contributed by atoms with Crippen LogP contribution in [0.2, 0.25) is 0 Å². The van der Waals surface area contributed by atoms with Crippen molar-refractivity contribution in [2.24, 2.45) is 5.92 Å². The van der Waals surface area contributed by atoms with E-state index < -0.39 is 12.1 Å². The minimum atomic E-state index is -1.04. The van der Waals surface area contributed by atoms with E-state index in [2.05, 4.69) is 20.3 Å². The molecule has 0 saturated heterocycles. The maximum Gasteiger partial charge on any atom is 0.231 e. The number of aromatic amines is 1. The Morgan fingerprint density at radius 3 is 2.80 bits per heavy atom. The molecule has 6 nitrogen and oxygen atoms in total. The molecule has 3 aromatic heterocycles. The zero-order valence-corrected chi connectivity index (χ0v) is 13.9. The molecule has 25 heavy (non-hydrogen) atoms. The van der Waals surface area contributed by atoms with Gasteiger partial charge in [-0.05, 0) is 43.4 Å². The molecule has 7 heteroatoms. The van der Waals surface area contributed by atoms with Crippen LogP contribution in [0.1, 0.15) is 17.7 Å². The number of amides is 1. The van der Waals surface area contributed by atoms with E-state index in [-0.39, 0.29) is 12.3 Å². The Morgan fingerprint density at radius 2 is 2.16 bits per heavy atom. The maximum atomic E-state index is 13.0. The van der Waals surface area contributed by atoms with Crippen LogP contribution in [0.25, 0.3) is 22.0 Å². The van der Waals surface area contributed by atoms with E-state index in [1.54, 1.807) is 12.3 Å². The molecule has 1 aliphatic carbocycles. The van der Waals surface area contributed by atoms with Crippen molar-refractivity contribution >= 4 is 28.3 Å². The average molecular weight is 339 g/mol. The van der Waals surface area contributed by atoms with Gasteiger partial charge in [0, 0.05) is 29.0 Å². The Bertz CT molecular complexity index is 977. The second kappa shape index (κ2) is 5.54. The lowest BCUT2D eigenvalue weighted by Crippen LogP contribution is -2.15. The molecular formula is C18H18FN5O. The Labute approximate surface area is 143 Å². The third kappa shape index (κ3) is 2.71. The highest BCUT2D eigenvalue weighted by molar-refractivity contribution is 5.98. The van der Waals surface area contributed by atoms with Crippen molar-refractivity contribution in [2.75, 3.05) is 11.1 Å². The molecule has 4 rings (SSSR count). The number of aromatic nitrogens is 3. The predicted molar refractivity (Wildman–Crippen MR) is 94.8 cm³/mol. The van der Waals surface area contributed by atoms with Crippen LogP contribution in [0.15, 0.2) is 24.5 Å². The number of alkyl halides is 1. The second-order valence-corrected chi connectivity index (χ2v) is 6.50. The van der Waals surface area contributed by atoms with Gasteiger partial charge in [-0.1, -0.05) is 0 Å². The number of hydrogen-bond donors (Lipinski definition) is 3. The molecule has 0 spiro atoms. The summed E-state index contributed by atoms with van der Waals surface area (Å²) >= 11 is 0. The lowest BCUT2D eigenvalue weighted by molar-refractivity contribution is -0.117. The van der Waals surface area contributed by atoms with Crippen molar-refractivity contribution in [2.45, 2.75) is 26.4 Å². The first kappa shape index (κ1) is 15.6. The van der Waals surface area contributed by atoms with Crippen molar-refractivity contribution in [3.05, 3.63) is 35.8 Å². The van der Waals surface area contributed by atoms with Crippen LogP contribution in [0.5, 0.6) is 0 Å². The second-order valence-electron chi connectivity index (χ2n) is 6.50. The number of nitrogens with two attached hydrogens (primary N) is 1. The molecule has 3 heterocycles. The van der Waals surface area contributed by atoms with E-state index in [1.807, 2.05) is 26.1 Å². The van der Waals surface area contributed by atoms with Gasteiger partial charge in [0.1, 0.15) is 17.8 Å². The largest absolute Gasteiger partial charge is 0.383 e. The highest BCUT2D eigenvalue weighted by Crippen LogP contribution is 2.35. The Morgan fingerprint density at radius 1 is 1.40 bits per heavy atom. The van der Waals surface area contributed by atoms with Crippen LogP contribution >= 0.6 is 0 Å². The molecule has 1 aliphatic rings. The number of pyridine rings is 2. The summed E-state index contributed by atoms with van der Waals surface area (Å²) in [5.74, 6) is -0.126. The molecule has 4 N–H and O–H groups in total. The van der Waals surface area contributed by atoms with E-state index in [0.717, 1.165) is 27.9 Å². The number of nitrogens with zero attached hydrogens (tertiary/aromatic N) is 2. The van der Waals surface area contributed by atoms with Gasteiger partial charge >= 0.3 is 0 Å². The van der Waals surface area contributed by atoms with Crippen molar-refractivity contribution < 1.29 is 9.18 Å². The summed E-state index contributed by atoms with van der Waals surface area (Å²) in [5, 5.41) is 4.20. The molecule has 3 aromatic rings. The molecule has 1 unspecified atom stereocenters. The Hall–Kier alpha value is -2.96. The fraction of sp³-hybridized carbons (Fsp3) is 0.278. The fourth-order valence-corrected chi connectivity index (χ4v) is 3.08. The highest BCUT2D eigenvalue weighted by Gasteiger charge is 2.43. The summed E-state index contributed by atoms with van der Waals surface area (Å²) in [7, 11) is 0. The molecule has 1 amide bonds. The quantitative estimate of drug-likeness (QED) is 0.683. The summed E-state index contributed by atoms with van der Waals surface area (Å²) in [4.78, 5) is 23.8. The molecule has 0 radical (unpaired) electrons. The first-order chi connectivity index (χ1) is 11.9. The number of fused-ring (bicyclic) bond motifs is 1. The zero-order valence-electron chi connectivity index (χ0n) is 13.9. The summed E-state index contributed by atoms with van der Waals surface area (Å²) in [6.45, 7) is 3.98. The number of halogens is 1. The van der Waals surface area contributed by atoms with Crippen LogP contribution in [0.3, 0.4) is 0 Å². The Kier molecular flexibility index (Phi) is 3.45. The summed E-state index contributed by atoms with van der Waals surface area (Å²) in [6, 6.07) is 3.66. The average Bonchev–Trinajstić information content (AvgIpc) is 3.20. The van der Waals surface area contributed by atoms with Crippen molar-refractivity contribution in [3.63, 3.8) is 0 Å². The summed E-state index contributed by atoms with van der Waals surface area (Å²) in [6.07, 6.45) is 2.75. The number of aryl methyl sites for hydroxylation is 2. The molecule has 0 aromatic carbocycles. The van der Waals surface area contributed by atoms with Gasteiger partial charge < -0.3 is 16.0 Å². The van der Waals surface area contributed by atoms with Gasteiger partial charge in [0.25, 0.3) is 0 Å². The molecule has 2 atom stereocenters. The van der Waals surface area contributed by atoms with Crippen molar-refractivity contribution in [1.82, 2.24) is 15.0 Å². The van der Waals surface area contributed by atoms with Gasteiger partial charge in [0.05, 0.1) is 11.6 Å². The number of carbonyl (C=O) groups is 1. The van der Waals surface area contributed by atoms with E-state index >= 15 is 0 Å². The van der Waals surface area contributed by atoms with Crippen LogP contribution in [-0.2, 0) is 4.79 Å². The number of rotatable bonds is 3. The molecule has 0 bridgehead atoms. The first-order valence-electron chi connectivity index (χ1n) is 8.10. The lowest BCUT2D eigenvalue weighted by atomic mass is 10.1. The van der Waals surface area contributed by atoms with Gasteiger partial charge in [0.2, 0.25) is 5.91 Å². The van der Waals surface area contributed by atoms with Crippen LogP contribution < -0.4 is 11.1 Å². The zero-order chi connectivity index (χ0) is 17.7. The summed E-state index contributed by atoms with van der Waals surface area (Å²) in [5.41, 5.74) is 9.95. The predicted octanol–water partition coefficient (Wildman–Crippen LogP) is 3.12. The van der Waals surface area contributed by atoms with E-state index in [9.17, 15) is 9.18 Å². The van der Waals surface area contributed by atoms with Gasteiger partial charge in [-0.25, -0.2) is 14.4 Å². The summed E-state index contributed by atoms with van der Waals surface area (Å²) < 4.78 is 13.0. The van der Waals surface area contributed by atoms with Crippen molar-refractivity contribution in [3.8, 4) is 11.3 Å². The fourth-order valence-electron chi connectivity index (χ4n) is 3.08. The van der Waals surface area contributed by atoms with Gasteiger partial charge in [0.15, 0.2) is 0 Å². The topological polar surface area (TPSA) is 96.7 Å². The number of nitrogens with one attached hydrogen (secondary N) is 2. The number of carbonyl (C=O) groups excluding carboxylic acids is 1. The van der Waals surface area contributed by atoms with Crippen LogP contribution in [0, 0.1) is 19.8 Å². The number of anilines is 2. The SMILES string of the molecule is Cc1c[nH]c(C)c1-c1cc2cc(NC(=O)C3C[C@H]3F)ncc2c(N)n1. The highest BCUT2D eigenvalue weighted by atomic mass is 19.1. The minimum Gasteiger partial charge on any atom is -0.383 e. The maximum absolute atomic E-state index is 13.0. The smallest absolute Gasteiger partial charge is 0.231 e. The van der Waals surface area contributed by atoms with Crippen molar-refractivity contribution in [1.29, 1.82) is 0 Å². The third-order valence-corrected chi connectivity index (χ3v) is 4.58. The number of hydrogen-bond acceptors (Lipinski definition) is 4. The Balaban J connectivity index is 1.74. The first-order valence-corrected chi connectivity index (χ1v) is 8.10. The monoisotopic (exact) mass is 339 g/mol. The molecule has 1 fully saturated rings. The van der Waals surface area contributed by atoms with Gasteiger partial charge in [-0.3, -0.25) is 4.79 Å². The standard InChI is InChI=1S/C18H18FN5O/c1-8-6-21-9(2)16(8)14-3-10-4-15(22-7-12(10)17(20)23-14)24-18(25)11-5-13(11)19/h3-4,6-7,11,13,21H,5H2,1-2H3,(H2,20,23)(H,22,24,25)/t11?,13-/m1/s1. The third-order valence-electron chi connectivity index (χ3n) is 4.58. The van der Waals surface area contributed by atoms with E-state index in [1.165, 1.54) is 0 Å². The number of nitrogen functional groups attached to an aromatic ring is 1. The van der Waals surface area contributed by atoms with Crippen LogP contribution in [0.4, 0.5) is 16.0 Å². The normalized spacial score (nSPS) is 19.2. The molecule has 0 aliphatic heterocycles. The van der Waals surface area contributed by atoms with Gasteiger partial charge in [-0.2, -0.15) is 0 Å². The molecule has 1 saturated carbocycles. The molecule has 128 valence electrons.